The van der Waals surface area contributed by atoms with Gasteiger partial charge < -0.3 is 4.74 Å². The Kier molecular flexibility index (Phi) is 3.17. The van der Waals surface area contributed by atoms with Crippen molar-refractivity contribution in [2.45, 2.75) is 0 Å². The number of halogens is 1. The highest BCUT2D eigenvalue weighted by Crippen LogP contribution is 2.29. The van der Waals surface area contributed by atoms with E-state index >= 15 is 0 Å². The highest BCUT2D eigenvalue weighted by Gasteiger charge is 2.06. The van der Waals surface area contributed by atoms with Crippen molar-refractivity contribution in [3.8, 4) is 17.0 Å². The number of benzene rings is 1. The minimum atomic E-state index is 0.614. The van der Waals surface area contributed by atoms with Gasteiger partial charge in [0.1, 0.15) is 0 Å². The third-order valence-electron chi connectivity index (χ3n) is 2.96. The summed E-state index contributed by atoms with van der Waals surface area (Å²) in [4.78, 5) is 8.62. The molecule has 0 spiro atoms. The first-order valence-corrected chi connectivity index (χ1v) is 6.62. The van der Waals surface area contributed by atoms with E-state index in [0.717, 1.165) is 26.5 Å². The largest absolute Gasteiger partial charge is 0.481 e. The van der Waals surface area contributed by atoms with Gasteiger partial charge in [0, 0.05) is 33.9 Å². The van der Waals surface area contributed by atoms with Gasteiger partial charge in [-0.05, 0) is 35.9 Å². The van der Waals surface area contributed by atoms with Crippen LogP contribution >= 0.6 is 15.9 Å². The lowest BCUT2D eigenvalue weighted by molar-refractivity contribution is 0.398. The lowest BCUT2D eigenvalue weighted by Gasteiger charge is -2.07. The SMILES string of the molecule is COc1ccc(-c2ccnc3ccc(Br)cc23)cn1. The molecule has 0 radical (unpaired) electrons. The standard InChI is InChI=1S/C15H11BrN2O/c1-19-15-5-2-10(9-18-15)12-6-7-17-14-4-3-11(16)8-13(12)14/h2-9H,1H3. The number of methoxy groups -OCH3 is 1. The number of hydrogen-bond donors (Lipinski definition) is 0. The lowest BCUT2D eigenvalue weighted by atomic mass is 10.0. The Bertz CT molecular complexity index is 726. The van der Waals surface area contributed by atoms with Crippen LogP contribution in [0.25, 0.3) is 22.0 Å². The first-order valence-electron chi connectivity index (χ1n) is 5.82. The summed E-state index contributed by atoms with van der Waals surface area (Å²) >= 11 is 3.50. The van der Waals surface area contributed by atoms with Gasteiger partial charge in [-0.1, -0.05) is 15.9 Å². The molecule has 2 aromatic heterocycles. The Balaban J connectivity index is 2.20. The summed E-state index contributed by atoms with van der Waals surface area (Å²) in [5, 5.41) is 1.10. The molecule has 94 valence electrons. The topological polar surface area (TPSA) is 35.0 Å². The molecule has 0 saturated heterocycles. The molecule has 0 N–H and O–H groups in total. The molecule has 19 heavy (non-hydrogen) atoms. The molecule has 0 amide bonds. The van der Waals surface area contributed by atoms with Crippen LogP contribution in [0.1, 0.15) is 0 Å². The molecular weight excluding hydrogens is 304 g/mol. The molecule has 0 atom stereocenters. The maximum Gasteiger partial charge on any atom is 0.212 e. The van der Waals surface area contributed by atoms with Gasteiger partial charge in [-0.3, -0.25) is 4.98 Å². The molecule has 0 bridgehead atoms. The molecule has 0 saturated carbocycles. The average Bonchev–Trinajstić information content (AvgIpc) is 2.47. The van der Waals surface area contributed by atoms with Crippen molar-refractivity contribution >= 4 is 26.8 Å². The van der Waals surface area contributed by atoms with Gasteiger partial charge in [0.15, 0.2) is 0 Å². The number of pyridine rings is 2. The normalized spacial score (nSPS) is 10.6. The molecule has 3 aromatic rings. The van der Waals surface area contributed by atoms with Crippen molar-refractivity contribution in [2.75, 3.05) is 7.11 Å². The zero-order chi connectivity index (χ0) is 13.2. The Labute approximate surface area is 119 Å². The van der Waals surface area contributed by atoms with Crippen LogP contribution in [0, 0.1) is 0 Å². The summed E-state index contributed by atoms with van der Waals surface area (Å²) in [6.45, 7) is 0. The minimum Gasteiger partial charge on any atom is -0.481 e. The molecule has 0 aliphatic carbocycles. The van der Waals surface area contributed by atoms with Crippen LogP contribution < -0.4 is 4.74 Å². The van der Waals surface area contributed by atoms with Crippen molar-refractivity contribution in [1.29, 1.82) is 0 Å². The van der Waals surface area contributed by atoms with Crippen molar-refractivity contribution < 1.29 is 4.74 Å². The van der Waals surface area contributed by atoms with Crippen LogP contribution in [-0.4, -0.2) is 17.1 Å². The Morgan fingerprint density at radius 1 is 1.05 bits per heavy atom. The van der Waals surface area contributed by atoms with E-state index in [1.54, 1.807) is 7.11 Å². The molecule has 0 aliphatic heterocycles. The summed E-state index contributed by atoms with van der Waals surface area (Å²) in [5.74, 6) is 0.614. The number of aromatic nitrogens is 2. The molecule has 4 heteroatoms. The van der Waals surface area contributed by atoms with Crippen LogP contribution in [-0.2, 0) is 0 Å². The number of rotatable bonds is 2. The monoisotopic (exact) mass is 314 g/mol. The van der Waals surface area contributed by atoms with E-state index < -0.39 is 0 Å². The Morgan fingerprint density at radius 3 is 2.68 bits per heavy atom. The van der Waals surface area contributed by atoms with Gasteiger partial charge in [-0.2, -0.15) is 0 Å². The number of fused-ring (bicyclic) bond motifs is 1. The van der Waals surface area contributed by atoms with E-state index in [0.29, 0.717) is 5.88 Å². The Hall–Kier alpha value is -1.94. The van der Waals surface area contributed by atoms with Gasteiger partial charge in [0.25, 0.3) is 0 Å². The lowest BCUT2D eigenvalue weighted by Crippen LogP contribution is -1.88. The zero-order valence-corrected chi connectivity index (χ0v) is 11.9. The van der Waals surface area contributed by atoms with E-state index in [4.69, 9.17) is 4.74 Å². The van der Waals surface area contributed by atoms with Gasteiger partial charge in [0.05, 0.1) is 12.6 Å². The third-order valence-corrected chi connectivity index (χ3v) is 3.45. The zero-order valence-electron chi connectivity index (χ0n) is 10.3. The molecule has 0 fully saturated rings. The van der Waals surface area contributed by atoms with Crippen LogP contribution in [0.15, 0.2) is 53.3 Å². The molecule has 3 nitrogen and oxygen atoms in total. The van der Waals surface area contributed by atoms with Gasteiger partial charge >= 0.3 is 0 Å². The fourth-order valence-electron chi connectivity index (χ4n) is 2.03. The first kappa shape index (κ1) is 12.1. The quantitative estimate of drug-likeness (QED) is 0.715. The van der Waals surface area contributed by atoms with Crippen LogP contribution in [0.2, 0.25) is 0 Å². The maximum absolute atomic E-state index is 5.08. The van der Waals surface area contributed by atoms with Crippen molar-refractivity contribution in [1.82, 2.24) is 9.97 Å². The molecule has 3 rings (SSSR count). The fourth-order valence-corrected chi connectivity index (χ4v) is 2.39. The molecular formula is C15H11BrN2O. The van der Waals surface area contributed by atoms with E-state index in [2.05, 4.69) is 32.0 Å². The van der Waals surface area contributed by atoms with Crippen molar-refractivity contribution in [3.63, 3.8) is 0 Å². The minimum absolute atomic E-state index is 0.614. The second-order valence-corrected chi connectivity index (χ2v) is 5.02. The average molecular weight is 315 g/mol. The third kappa shape index (κ3) is 2.31. The maximum atomic E-state index is 5.08. The highest BCUT2D eigenvalue weighted by atomic mass is 79.9. The van der Waals surface area contributed by atoms with E-state index in [1.807, 2.05) is 42.7 Å². The summed E-state index contributed by atoms with van der Waals surface area (Å²) < 4.78 is 6.12. The summed E-state index contributed by atoms with van der Waals surface area (Å²) in [7, 11) is 1.61. The second-order valence-electron chi connectivity index (χ2n) is 4.11. The summed E-state index contributed by atoms with van der Waals surface area (Å²) in [5.41, 5.74) is 3.13. The molecule has 0 unspecified atom stereocenters. The van der Waals surface area contributed by atoms with Gasteiger partial charge in [0.2, 0.25) is 5.88 Å². The van der Waals surface area contributed by atoms with E-state index in [9.17, 15) is 0 Å². The number of hydrogen-bond acceptors (Lipinski definition) is 3. The molecule has 2 heterocycles. The van der Waals surface area contributed by atoms with Gasteiger partial charge in [-0.25, -0.2) is 4.98 Å². The molecule has 1 aromatic carbocycles. The smallest absolute Gasteiger partial charge is 0.212 e. The summed E-state index contributed by atoms with van der Waals surface area (Å²) in [6.07, 6.45) is 3.63. The molecule has 0 aliphatic rings. The van der Waals surface area contributed by atoms with Crippen molar-refractivity contribution in [3.05, 3.63) is 53.3 Å². The van der Waals surface area contributed by atoms with Crippen LogP contribution in [0.5, 0.6) is 5.88 Å². The first-order chi connectivity index (χ1) is 9.28. The van der Waals surface area contributed by atoms with Crippen molar-refractivity contribution in [2.24, 2.45) is 0 Å². The Morgan fingerprint density at radius 2 is 1.95 bits per heavy atom. The van der Waals surface area contributed by atoms with Crippen LogP contribution in [0.3, 0.4) is 0 Å². The van der Waals surface area contributed by atoms with Crippen LogP contribution in [0.4, 0.5) is 0 Å². The second kappa shape index (κ2) is 4.97. The summed E-state index contributed by atoms with van der Waals surface area (Å²) in [6, 6.07) is 11.9. The van der Waals surface area contributed by atoms with Gasteiger partial charge in [-0.15, -0.1) is 0 Å². The van der Waals surface area contributed by atoms with E-state index in [1.165, 1.54) is 0 Å². The van der Waals surface area contributed by atoms with E-state index in [-0.39, 0.29) is 0 Å². The predicted molar refractivity (Wildman–Crippen MR) is 79.2 cm³/mol. The number of ether oxygens (including phenoxy) is 1. The highest BCUT2D eigenvalue weighted by molar-refractivity contribution is 9.10. The fraction of sp³-hybridized carbons (Fsp3) is 0.0667. The predicted octanol–water partition coefficient (Wildman–Crippen LogP) is 4.07. The number of nitrogens with zero attached hydrogens (tertiary/aromatic N) is 2.